The van der Waals surface area contributed by atoms with Gasteiger partial charge in [0.1, 0.15) is 0 Å². The smallest absolute Gasteiger partial charge is 0.253 e. The lowest BCUT2D eigenvalue weighted by Crippen LogP contribution is -2.35. The Kier molecular flexibility index (Phi) is 5.60. The van der Waals surface area contributed by atoms with E-state index in [0.717, 1.165) is 31.6 Å². The third-order valence-electron chi connectivity index (χ3n) is 3.60. The molecule has 0 aromatic heterocycles. The minimum atomic E-state index is -0.0361. The molecule has 0 bridgehead atoms. The van der Waals surface area contributed by atoms with Crippen molar-refractivity contribution in [3.05, 3.63) is 29.8 Å². The quantitative estimate of drug-likeness (QED) is 0.870. The van der Waals surface area contributed by atoms with Crippen LogP contribution in [0.15, 0.2) is 24.3 Å². The molecule has 21 heavy (non-hydrogen) atoms. The van der Waals surface area contributed by atoms with Crippen molar-refractivity contribution in [2.24, 2.45) is 0 Å². The molecular formula is C16H23N3O2. The van der Waals surface area contributed by atoms with Crippen LogP contribution in [0, 0.1) is 0 Å². The number of nitrogens with one attached hydrogen (secondary N) is 2. The summed E-state index contributed by atoms with van der Waals surface area (Å²) >= 11 is 0. The summed E-state index contributed by atoms with van der Waals surface area (Å²) in [6.45, 7) is 4.47. The van der Waals surface area contributed by atoms with Gasteiger partial charge < -0.3 is 15.5 Å². The summed E-state index contributed by atoms with van der Waals surface area (Å²) in [7, 11) is 0. The third kappa shape index (κ3) is 4.48. The fourth-order valence-corrected chi connectivity index (χ4v) is 2.45. The molecule has 114 valence electrons. The first kappa shape index (κ1) is 15.4. The highest BCUT2D eigenvalue weighted by molar-refractivity contribution is 5.94. The van der Waals surface area contributed by atoms with Crippen LogP contribution in [0.4, 0.5) is 5.69 Å². The van der Waals surface area contributed by atoms with Crippen molar-refractivity contribution in [1.29, 1.82) is 0 Å². The Bertz CT molecular complexity index is 479. The normalized spacial score (nSPS) is 14.6. The molecule has 0 aliphatic carbocycles. The number of benzene rings is 1. The van der Waals surface area contributed by atoms with Gasteiger partial charge in [-0.2, -0.15) is 0 Å². The molecule has 2 amide bonds. The van der Waals surface area contributed by atoms with Crippen LogP contribution in [0.25, 0.3) is 0 Å². The molecule has 5 heteroatoms. The number of nitrogens with zero attached hydrogens (tertiary/aromatic N) is 1. The highest BCUT2D eigenvalue weighted by Crippen LogP contribution is 2.15. The zero-order valence-electron chi connectivity index (χ0n) is 12.5. The molecule has 0 saturated carbocycles. The number of amides is 2. The Labute approximate surface area is 125 Å². The zero-order chi connectivity index (χ0) is 15.1. The average Bonchev–Trinajstić information content (AvgIpc) is 2.54. The van der Waals surface area contributed by atoms with Crippen molar-refractivity contribution < 1.29 is 9.59 Å². The topological polar surface area (TPSA) is 61.4 Å². The molecule has 0 atom stereocenters. The van der Waals surface area contributed by atoms with E-state index in [1.54, 1.807) is 0 Å². The summed E-state index contributed by atoms with van der Waals surface area (Å²) in [5, 5.41) is 5.76. The van der Waals surface area contributed by atoms with Gasteiger partial charge >= 0.3 is 0 Å². The Morgan fingerprint density at radius 2 is 1.76 bits per heavy atom. The minimum Gasteiger partial charge on any atom is -0.376 e. The molecule has 1 heterocycles. The Balaban J connectivity index is 1.89. The number of likely N-dealkylation sites (tertiary alicyclic amines) is 1. The second kappa shape index (κ2) is 7.67. The van der Waals surface area contributed by atoms with Crippen LogP contribution in [0.2, 0.25) is 0 Å². The van der Waals surface area contributed by atoms with Crippen molar-refractivity contribution in [3.8, 4) is 0 Å². The van der Waals surface area contributed by atoms with Crippen LogP contribution in [-0.2, 0) is 4.79 Å². The van der Waals surface area contributed by atoms with E-state index >= 15 is 0 Å². The number of hydrogen-bond donors (Lipinski definition) is 2. The third-order valence-corrected chi connectivity index (χ3v) is 3.60. The van der Waals surface area contributed by atoms with Gasteiger partial charge in [0.25, 0.3) is 5.91 Å². The van der Waals surface area contributed by atoms with Gasteiger partial charge in [-0.15, -0.1) is 0 Å². The van der Waals surface area contributed by atoms with Crippen LogP contribution in [0.5, 0.6) is 0 Å². The SMILES string of the molecule is CCNC(=O)CNc1ccc(C(=O)N2CCCCC2)cc1. The molecule has 0 spiro atoms. The van der Waals surface area contributed by atoms with Crippen molar-refractivity contribution in [3.63, 3.8) is 0 Å². The van der Waals surface area contributed by atoms with E-state index in [1.165, 1.54) is 6.42 Å². The van der Waals surface area contributed by atoms with Gasteiger partial charge in [-0.1, -0.05) is 0 Å². The van der Waals surface area contributed by atoms with Gasteiger partial charge in [0.2, 0.25) is 5.91 Å². The van der Waals surface area contributed by atoms with E-state index < -0.39 is 0 Å². The molecular weight excluding hydrogens is 266 g/mol. The predicted octanol–water partition coefficient (Wildman–Crippen LogP) is 1.86. The number of anilines is 1. The van der Waals surface area contributed by atoms with Gasteiger partial charge in [0.05, 0.1) is 6.54 Å². The molecule has 1 aromatic rings. The second-order valence-corrected chi connectivity index (χ2v) is 5.24. The van der Waals surface area contributed by atoms with Crippen molar-refractivity contribution in [1.82, 2.24) is 10.2 Å². The lowest BCUT2D eigenvalue weighted by Gasteiger charge is -2.26. The van der Waals surface area contributed by atoms with Crippen LogP contribution in [-0.4, -0.2) is 42.9 Å². The van der Waals surface area contributed by atoms with Crippen LogP contribution >= 0.6 is 0 Å². The molecule has 0 unspecified atom stereocenters. The lowest BCUT2D eigenvalue weighted by atomic mass is 10.1. The summed E-state index contributed by atoms with van der Waals surface area (Å²) in [5.41, 5.74) is 1.55. The molecule has 2 N–H and O–H groups in total. The Morgan fingerprint density at radius 1 is 1.10 bits per heavy atom. The van der Waals surface area contributed by atoms with E-state index in [9.17, 15) is 9.59 Å². The zero-order valence-corrected chi connectivity index (χ0v) is 12.5. The summed E-state index contributed by atoms with van der Waals surface area (Å²) in [6.07, 6.45) is 3.41. The minimum absolute atomic E-state index is 0.0361. The second-order valence-electron chi connectivity index (χ2n) is 5.24. The highest BCUT2D eigenvalue weighted by atomic mass is 16.2. The maximum absolute atomic E-state index is 12.3. The molecule has 0 radical (unpaired) electrons. The van der Waals surface area contributed by atoms with Gasteiger partial charge in [-0.3, -0.25) is 9.59 Å². The predicted molar refractivity (Wildman–Crippen MR) is 83.4 cm³/mol. The summed E-state index contributed by atoms with van der Waals surface area (Å²) in [5.74, 6) is 0.0657. The average molecular weight is 289 g/mol. The maximum Gasteiger partial charge on any atom is 0.253 e. The molecule has 2 rings (SSSR count). The van der Waals surface area contributed by atoms with Gasteiger partial charge in [0.15, 0.2) is 0 Å². The first-order valence-corrected chi connectivity index (χ1v) is 7.60. The lowest BCUT2D eigenvalue weighted by molar-refractivity contribution is -0.119. The van der Waals surface area contributed by atoms with E-state index in [-0.39, 0.29) is 18.4 Å². The number of piperidine rings is 1. The van der Waals surface area contributed by atoms with E-state index in [2.05, 4.69) is 10.6 Å². The number of hydrogen-bond acceptors (Lipinski definition) is 3. The van der Waals surface area contributed by atoms with Crippen LogP contribution in [0.1, 0.15) is 36.5 Å². The Morgan fingerprint density at radius 3 is 2.38 bits per heavy atom. The standard InChI is InChI=1S/C16H23N3O2/c1-2-17-15(20)12-18-14-8-6-13(7-9-14)16(21)19-10-4-3-5-11-19/h6-9,18H,2-5,10-12H2,1H3,(H,17,20). The first-order valence-electron chi connectivity index (χ1n) is 7.60. The number of rotatable bonds is 5. The van der Waals surface area contributed by atoms with Crippen molar-refractivity contribution in [2.75, 3.05) is 31.5 Å². The number of carbonyl (C=O) groups excluding carboxylic acids is 2. The monoisotopic (exact) mass is 289 g/mol. The number of likely N-dealkylation sites (N-methyl/N-ethyl adjacent to an activating group) is 1. The number of carbonyl (C=O) groups is 2. The first-order chi connectivity index (χ1) is 10.2. The summed E-state index contributed by atoms with van der Waals surface area (Å²) in [6, 6.07) is 7.32. The molecule has 1 aliphatic rings. The Hall–Kier alpha value is -2.04. The van der Waals surface area contributed by atoms with Crippen LogP contribution < -0.4 is 10.6 Å². The maximum atomic E-state index is 12.3. The van der Waals surface area contributed by atoms with Crippen LogP contribution in [0.3, 0.4) is 0 Å². The van der Waals surface area contributed by atoms with Crippen molar-refractivity contribution >= 4 is 17.5 Å². The molecule has 1 aliphatic heterocycles. The van der Waals surface area contributed by atoms with E-state index in [1.807, 2.05) is 36.1 Å². The van der Waals surface area contributed by atoms with Gasteiger partial charge in [0, 0.05) is 30.9 Å². The molecule has 5 nitrogen and oxygen atoms in total. The molecule has 1 fully saturated rings. The van der Waals surface area contributed by atoms with Gasteiger partial charge in [-0.05, 0) is 50.5 Å². The highest BCUT2D eigenvalue weighted by Gasteiger charge is 2.17. The largest absolute Gasteiger partial charge is 0.376 e. The summed E-state index contributed by atoms with van der Waals surface area (Å²) in [4.78, 5) is 25.6. The van der Waals surface area contributed by atoms with E-state index in [4.69, 9.17) is 0 Å². The fourth-order valence-electron chi connectivity index (χ4n) is 2.45. The molecule has 1 aromatic carbocycles. The molecule has 1 saturated heterocycles. The van der Waals surface area contributed by atoms with Crippen molar-refractivity contribution in [2.45, 2.75) is 26.2 Å². The van der Waals surface area contributed by atoms with E-state index in [0.29, 0.717) is 12.1 Å². The summed E-state index contributed by atoms with van der Waals surface area (Å²) < 4.78 is 0. The van der Waals surface area contributed by atoms with Gasteiger partial charge in [-0.25, -0.2) is 0 Å². The fraction of sp³-hybridized carbons (Fsp3) is 0.500.